The summed E-state index contributed by atoms with van der Waals surface area (Å²) in [6.07, 6.45) is 0.918. The zero-order valence-electron chi connectivity index (χ0n) is 13.3. The number of likely N-dealkylation sites (N-methyl/N-ethyl adjacent to an activating group) is 1. The molecule has 0 aliphatic rings. The molecule has 1 atom stereocenters. The third-order valence-electron chi connectivity index (χ3n) is 4.07. The van der Waals surface area contributed by atoms with Gasteiger partial charge in [0.1, 0.15) is 5.82 Å². The molecule has 0 radical (unpaired) electrons. The lowest BCUT2D eigenvalue weighted by molar-refractivity contribution is 0.544. The highest BCUT2D eigenvalue weighted by atomic mass is 19.1. The second-order valence-corrected chi connectivity index (χ2v) is 5.73. The van der Waals surface area contributed by atoms with E-state index in [-0.39, 0.29) is 11.9 Å². The Balaban J connectivity index is 2.28. The van der Waals surface area contributed by atoms with Gasteiger partial charge < -0.3 is 5.32 Å². The molecule has 2 aromatic rings. The number of rotatable bonds is 5. The Bertz CT molecular complexity index is 619. The van der Waals surface area contributed by atoms with Gasteiger partial charge in [0.15, 0.2) is 0 Å². The van der Waals surface area contributed by atoms with Gasteiger partial charge in [0, 0.05) is 6.04 Å². The first-order chi connectivity index (χ1) is 10.0. The van der Waals surface area contributed by atoms with E-state index in [1.54, 1.807) is 12.1 Å². The first kappa shape index (κ1) is 15.7. The summed E-state index contributed by atoms with van der Waals surface area (Å²) in [4.78, 5) is 0. The van der Waals surface area contributed by atoms with Gasteiger partial charge in [0.2, 0.25) is 0 Å². The molecule has 0 spiro atoms. The largest absolute Gasteiger partial charge is 0.310 e. The van der Waals surface area contributed by atoms with Gasteiger partial charge in [-0.1, -0.05) is 31.2 Å². The van der Waals surface area contributed by atoms with Crippen LogP contribution in [-0.2, 0) is 6.42 Å². The van der Waals surface area contributed by atoms with E-state index in [4.69, 9.17) is 0 Å². The van der Waals surface area contributed by atoms with E-state index in [9.17, 15) is 4.39 Å². The molecule has 0 aliphatic carbocycles. The molecule has 2 heteroatoms. The Morgan fingerprint density at radius 1 is 0.952 bits per heavy atom. The lowest BCUT2D eigenvalue weighted by Gasteiger charge is -2.21. The molecule has 21 heavy (non-hydrogen) atoms. The van der Waals surface area contributed by atoms with Crippen LogP contribution in [0.3, 0.4) is 0 Å². The highest BCUT2D eigenvalue weighted by Gasteiger charge is 2.14. The predicted octanol–water partition coefficient (Wildman–Crippen LogP) is 4.64. The minimum Gasteiger partial charge on any atom is -0.310 e. The number of benzene rings is 2. The summed E-state index contributed by atoms with van der Waals surface area (Å²) in [5.74, 6) is -0.169. The summed E-state index contributed by atoms with van der Waals surface area (Å²) in [5.41, 5.74) is 6.13. The molecule has 1 unspecified atom stereocenters. The molecule has 0 aromatic heterocycles. The van der Waals surface area contributed by atoms with Gasteiger partial charge in [-0.25, -0.2) is 4.39 Å². The van der Waals surface area contributed by atoms with Gasteiger partial charge in [-0.05, 0) is 73.7 Å². The zero-order chi connectivity index (χ0) is 15.4. The van der Waals surface area contributed by atoms with Crippen molar-refractivity contribution in [1.29, 1.82) is 0 Å². The number of hydrogen-bond acceptors (Lipinski definition) is 1. The zero-order valence-corrected chi connectivity index (χ0v) is 13.3. The van der Waals surface area contributed by atoms with Crippen molar-refractivity contribution in [2.75, 3.05) is 6.54 Å². The molecule has 0 aliphatic heterocycles. The second-order valence-electron chi connectivity index (χ2n) is 5.73. The Labute approximate surface area is 127 Å². The van der Waals surface area contributed by atoms with Gasteiger partial charge in [-0.3, -0.25) is 0 Å². The van der Waals surface area contributed by atoms with Gasteiger partial charge in [0.25, 0.3) is 0 Å². The Hall–Kier alpha value is -1.67. The van der Waals surface area contributed by atoms with E-state index in [1.165, 1.54) is 22.3 Å². The van der Waals surface area contributed by atoms with E-state index in [0.717, 1.165) is 18.5 Å². The standard InChI is InChI=1S/C19H24FN/c1-5-21-19(18-9-8-17(20)11-15(18)4)12-16-7-6-13(2)14(3)10-16/h6-11,19,21H,5,12H2,1-4H3. The Morgan fingerprint density at radius 2 is 1.71 bits per heavy atom. The number of halogens is 1. The molecule has 0 fully saturated rings. The third kappa shape index (κ3) is 3.92. The first-order valence-electron chi connectivity index (χ1n) is 7.56. The first-order valence-corrected chi connectivity index (χ1v) is 7.56. The fraction of sp³-hybridized carbons (Fsp3) is 0.368. The van der Waals surface area contributed by atoms with Gasteiger partial charge in [-0.2, -0.15) is 0 Å². The summed E-state index contributed by atoms with van der Waals surface area (Å²) in [6.45, 7) is 9.25. The topological polar surface area (TPSA) is 12.0 Å². The van der Waals surface area contributed by atoms with E-state index in [2.05, 4.69) is 44.3 Å². The molecule has 1 nitrogen and oxygen atoms in total. The smallest absolute Gasteiger partial charge is 0.123 e. The van der Waals surface area contributed by atoms with Crippen LogP contribution in [0.4, 0.5) is 4.39 Å². The van der Waals surface area contributed by atoms with Crippen LogP contribution < -0.4 is 5.32 Å². The van der Waals surface area contributed by atoms with Crippen LogP contribution in [0.15, 0.2) is 36.4 Å². The molecule has 0 heterocycles. The SMILES string of the molecule is CCNC(Cc1ccc(C)c(C)c1)c1ccc(F)cc1C. The normalized spacial score (nSPS) is 12.4. The molecule has 0 saturated heterocycles. The van der Waals surface area contributed by atoms with Crippen LogP contribution in [0.5, 0.6) is 0 Å². The predicted molar refractivity (Wildman–Crippen MR) is 87.2 cm³/mol. The minimum atomic E-state index is -0.169. The Kier molecular flexibility index (Phi) is 5.13. The lowest BCUT2D eigenvalue weighted by Crippen LogP contribution is -2.23. The molecule has 0 bridgehead atoms. The monoisotopic (exact) mass is 285 g/mol. The van der Waals surface area contributed by atoms with Crippen LogP contribution in [0.25, 0.3) is 0 Å². The highest BCUT2D eigenvalue weighted by molar-refractivity contribution is 5.34. The van der Waals surface area contributed by atoms with E-state index in [1.807, 2.05) is 13.0 Å². The lowest BCUT2D eigenvalue weighted by atomic mass is 9.94. The van der Waals surface area contributed by atoms with Crippen LogP contribution in [0.2, 0.25) is 0 Å². The van der Waals surface area contributed by atoms with Crippen LogP contribution in [-0.4, -0.2) is 6.54 Å². The van der Waals surface area contributed by atoms with E-state index >= 15 is 0 Å². The summed E-state index contributed by atoms with van der Waals surface area (Å²) < 4.78 is 13.3. The maximum absolute atomic E-state index is 13.3. The minimum absolute atomic E-state index is 0.169. The van der Waals surface area contributed by atoms with Crippen molar-refractivity contribution >= 4 is 0 Å². The van der Waals surface area contributed by atoms with Crippen LogP contribution in [0.1, 0.15) is 40.8 Å². The van der Waals surface area contributed by atoms with Crippen molar-refractivity contribution in [3.63, 3.8) is 0 Å². The maximum Gasteiger partial charge on any atom is 0.123 e. The van der Waals surface area contributed by atoms with Crippen molar-refractivity contribution < 1.29 is 4.39 Å². The average molecular weight is 285 g/mol. The highest BCUT2D eigenvalue weighted by Crippen LogP contribution is 2.23. The van der Waals surface area contributed by atoms with Crippen molar-refractivity contribution in [3.8, 4) is 0 Å². The molecule has 0 amide bonds. The number of hydrogen-bond donors (Lipinski definition) is 1. The molecule has 2 aromatic carbocycles. The van der Waals surface area contributed by atoms with E-state index in [0.29, 0.717) is 0 Å². The quantitative estimate of drug-likeness (QED) is 0.843. The summed E-state index contributed by atoms with van der Waals surface area (Å²) in [6, 6.07) is 11.9. The fourth-order valence-corrected chi connectivity index (χ4v) is 2.73. The second kappa shape index (κ2) is 6.86. The summed E-state index contributed by atoms with van der Waals surface area (Å²) >= 11 is 0. The molecular formula is C19H24FN. The molecule has 0 saturated carbocycles. The van der Waals surface area contributed by atoms with E-state index < -0.39 is 0 Å². The molecular weight excluding hydrogens is 261 g/mol. The molecule has 112 valence electrons. The van der Waals surface area contributed by atoms with Crippen molar-refractivity contribution in [2.24, 2.45) is 0 Å². The van der Waals surface area contributed by atoms with Gasteiger partial charge in [0.05, 0.1) is 0 Å². The number of aryl methyl sites for hydroxylation is 3. The summed E-state index contributed by atoms with van der Waals surface area (Å²) in [7, 11) is 0. The van der Waals surface area contributed by atoms with Crippen LogP contribution in [0, 0.1) is 26.6 Å². The van der Waals surface area contributed by atoms with Crippen molar-refractivity contribution in [2.45, 2.75) is 40.2 Å². The Morgan fingerprint density at radius 3 is 2.33 bits per heavy atom. The molecule has 1 N–H and O–H groups in total. The number of nitrogens with one attached hydrogen (secondary N) is 1. The van der Waals surface area contributed by atoms with Crippen molar-refractivity contribution in [1.82, 2.24) is 5.32 Å². The third-order valence-corrected chi connectivity index (χ3v) is 4.07. The van der Waals surface area contributed by atoms with Crippen LogP contribution >= 0.6 is 0 Å². The molecule has 2 rings (SSSR count). The fourth-order valence-electron chi connectivity index (χ4n) is 2.73. The maximum atomic E-state index is 13.3. The average Bonchev–Trinajstić information content (AvgIpc) is 2.42. The summed E-state index contributed by atoms with van der Waals surface area (Å²) in [5, 5.41) is 3.52. The van der Waals surface area contributed by atoms with Gasteiger partial charge >= 0.3 is 0 Å². The van der Waals surface area contributed by atoms with Gasteiger partial charge in [-0.15, -0.1) is 0 Å². The van der Waals surface area contributed by atoms with Crippen molar-refractivity contribution in [3.05, 3.63) is 70.0 Å².